The van der Waals surface area contributed by atoms with E-state index in [1.165, 1.54) is 0 Å². The molecule has 1 aromatic heterocycles. The number of hydrogen-bond acceptors (Lipinski definition) is 2. The first-order chi connectivity index (χ1) is 8.60. The lowest BCUT2D eigenvalue weighted by molar-refractivity contribution is 0.0755. The molecule has 0 N–H and O–H groups in total. The maximum absolute atomic E-state index is 12.4. The third-order valence-electron chi connectivity index (χ3n) is 2.95. The van der Waals surface area contributed by atoms with Crippen molar-refractivity contribution in [1.29, 1.82) is 0 Å². The molecule has 0 atom stereocenters. The van der Waals surface area contributed by atoms with Crippen LogP contribution in [0.2, 0.25) is 0 Å². The van der Waals surface area contributed by atoms with Crippen molar-refractivity contribution in [2.24, 2.45) is 0 Å². The molecule has 18 heavy (non-hydrogen) atoms. The van der Waals surface area contributed by atoms with Gasteiger partial charge in [-0.05, 0) is 30.4 Å². The zero-order valence-corrected chi connectivity index (χ0v) is 11.9. The number of rotatable bonds is 6. The van der Waals surface area contributed by atoms with E-state index in [4.69, 9.17) is 0 Å². The summed E-state index contributed by atoms with van der Waals surface area (Å²) in [6, 6.07) is 1.97. The van der Waals surface area contributed by atoms with Crippen molar-refractivity contribution in [3.05, 3.63) is 29.6 Å². The van der Waals surface area contributed by atoms with Crippen molar-refractivity contribution in [2.75, 3.05) is 13.1 Å². The summed E-state index contributed by atoms with van der Waals surface area (Å²) in [5, 5.41) is 0. The summed E-state index contributed by atoms with van der Waals surface area (Å²) in [6.07, 6.45) is 5.49. The van der Waals surface area contributed by atoms with E-state index in [2.05, 4.69) is 32.7 Å². The molecule has 0 aliphatic carbocycles. The molecule has 0 spiro atoms. The van der Waals surface area contributed by atoms with E-state index in [-0.39, 0.29) is 5.91 Å². The molecule has 3 nitrogen and oxygen atoms in total. The Hall–Kier alpha value is -1.38. The molecule has 1 rings (SSSR count). The van der Waals surface area contributed by atoms with Gasteiger partial charge in [-0.3, -0.25) is 9.78 Å². The lowest BCUT2D eigenvalue weighted by Crippen LogP contribution is -2.32. The Balaban J connectivity index is 2.90. The van der Waals surface area contributed by atoms with Gasteiger partial charge in [-0.2, -0.15) is 0 Å². The second-order valence-electron chi connectivity index (χ2n) is 4.95. The number of nitrogens with zero attached hydrogens (tertiary/aromatic N) is 2. The zero-order valence-electron chi connectivity index (χ0n) is 11.9. The van der Waals surface area contributed by atoms with Crippen LogP contribution in [0.3, 0.4) is 0 Å². The predicted octanol–water partition coefficient (Wildman–Crippen LogP) is 3.47. The quantitative estimate of drug-likeness (QED) is 0.772. The Morgan fingerprint density at radius 2 is 1.83 bits per heavy atom. The van der Waals surface area contributed by atoms with Gasteiger partial charge in [0.1, 0.15) is 0 Å². The molecule has 100 valence electrons. The number of aromatic nitrogens is 1. The molecule has 0 unspecified atom stereocenters. The third-order valence-corrected chi connectivity index (χ3v) is 2.95. The Kier molecular flexibility index (Phi) is 5.83. The van der Waals surface area contributed by atoms with Crippen molar-refractivity contribution < 1.29 is 4.79 Å². The molecule has 0 radical (unpaired) electrons. The van der Waals surface area contributed by atoms with E-state index >= 15 is 0 Å². The number of pyridine rings is 1. The van der Waals surface area contributed by atoms with Crippen LogP contribution in [0.4, 0.5) is 0 Å². The topological polar surface area (TPSA) is 33.2 Å². The van der Waals surface area contributed by atoms with E-state index in [1.807, 2.05) is 17.2 Å². The molecular formula is C15H24N2O. The second-order valence-corrected chi connectivity index (χ2v) is 4.95. The van der Waals surface area contributed by atoms with Crippen molar-refractivity contribution in [1.82, 2.24) is 9.88 Å². The average Bonchev–Trinajstić information content (AvgIpc) is 2.38. The number of amides is 1. The molecule has 3 heteroatoms. The second kappa shape index (κ2) is 7.14. The van der Waals surface area contributed by atoms with Crippen molar-refractivity contribution in [3.8, 4) is 0 Å². The Labute approximate surface area is 110 Å². The van der Waals surface area contributed by atoms with Gasteiger partial charge in [-0.1, -0.05) is 27.7 Å². The predicted molar refractivity (Wildman–Crippen MR) is 74.8 cm³/mol. The van der Waals surface area contributed by atoms with E-state index in [0.717, 1.165) is 31.5 Å². The highest BCUT2D eigenvalue weighted by Gasteiger charge is 2.15. The van der Waals surface area contributed by atoms with Gasteiger partial charge in [0, 0.05) is 25.5 Å². The van der Waals surface area contributed by atoms with Crippen LogP contribution in [0.5, 0.6) is 0 Å². The molecular weight excluding hydrogens is 224 g/mol. The molecule has 0 saturated carbocycles. The molecule has 0 aromatic carbocycles. The van der Waals surface area contributed by atoms with Crippen LogP contribution < -0.4 is 0 Å². The first-order valence-electron chi connectivity index (χ1n) is 6.84. The summed E-state index contributed by atoms with van der Waals surface area (Å²) in [4.78, 5) is 18.5. The zero-order chi connectivity index (χ0) is 13.5. The van der Waals surface area contributed by atoms with Gasteiger partial charge in [0.25, 0.3) is 5.91 Å². The summed E-state index contributed by atoms with van der Waals surface area (Å²) < 4.78 is 0. The largest absolute Gasteiger partial charge is 0.339 e. The molecule has 1 amide bonds. The summed E-state index contributed by atoms with van der Waals surface area (Å²) in [6.45, 7) is 10.1. The molecule has 1 heterocycles. The lowest BCUT2D eigenvalue weighted by atomic mass is 10.0. The van der Waals surface area contributed by atoms with E-state index in [9.17, 15) is 4.79 Å². The van der Waals surface area contributed by atoms with E-state index in [0.29, 0.717) is 11.5 Å². The van der Waals surface area contributed by atoms with Gasteiger partial charge < -0.3 is 4.90 Å². The average molecular weight is 248 g/mol. The van der Waals surface area contributed by atoms with Crippen LogP contribution in [-0.2, 0) is 0 Å². The Bertz CT molecular complexity index is 382. The highest BCUT2D eigenvalue weighted by molar-refractivity contribution is 5.94. The van der Waals surface area contributed by atoms with Crippen molar-refractivity contribution in [3.63, 3.8) is 0 Å². The normalized spacial score (nSPS) is 10.7. The SMILES string of the molecule is CCCN(CCC)C(=O)c1cncc(C(C)C)c1. The summed E-state index contributed by atoms with van der Waals surface area (Å²) in [5.74, 6) is 0.504. The standard InChI is InChI=1S/C15H24N2O/c1-5-7-17(8-6-2)15(18)14-9-13(12(3)4)10-16-11-14/h9-12H,5-8H2,1-4H3. The monoisotopic (exact) mass is 248 g/mol. The van der Waals surface area contributed by atoms with Crippen LogP contribution in [0.1, 0.15) is 62.4 Å². The molecule has 0 saturated heterocycles. The van der Waals surface area contributed by atoms with Gasteiger partial charge in [0.15, 0.2) is 0 Å². The fraction of sp³-hybridized carbons (Fsp3) is 0.600. The molecule has 0 fully saturated rings. The summed E-state index contributed by atoms with van der Waals surface area (Å²) in [7, 11) is 0. The molecule has 0 bridgehead atoms. The fourth-order valence-electron chi connectivity index (χ4n) is 1.93. The summed E-state index contributed by atoms with van der Waals surface area (Å²) in [5.41, 5.74) is 1.83. The Morgan fingerprint density at radius 3 is 2.33 bits per heavy atom. The smallest absolute Gasteiger partial charge is 0.255 e. The van der Waals surface area contributed by atoms with Gasteiger partial charge in [-0.25, -0.2) is 0 Å². The van der Waals surface area contributed by atoms with Gasteiger partial charge in [0.05, 0.1) is 5.56 Å². The molecule has 0 aliphatic rings. The van der Waals surface area contributed by atoms with Crippen LogP contribution >= 0.6 is 0 Å². The number of carbonyl (C=O) groups excluding carboxylic acids is 1. The van der Waals surface area contributed by atoms with Crippen LogP contribution in [0.15, 0.2) is 18.5 Å². The summed E-state index contributed by atoms with van der Waals surface area (Å²) >= 11 is 0. The van der Waals surface area contributed by atoms with Gasteiger partial charge in [0.2, 0.25) is 0 Å². The minimum Gasteiger partial charge on any atom is -0.339 e. The highest BCUT2D eigenvalue weighted by Crippen LogP contribution is 2.15. The fourth-order valence-corrected chi connectivity index (χ4v) is 1.93. The molecule has 0 aliphatic heterocycles. The first kappa shape index (κ1) is 14.7. The van der Waals surface area contributed by atoms with Crippen molar-refractivity contribution in [2.45, 2.75) is 46.5 Å². The maximum atomic E-state index is 12.4. The maximum Gasteiger partial charge on any atom is 0.255 e. The van der Waals surface area contributed by atoms with Gasteiger partial charge >= 0.3 is 0 Å². The number of hydrogen-bond donors (Lipinski definition) is 0. The third kappa shape index (κ3) is 3.83. The Morgan fingerprint density at radius 1 is 1.22 bits per heavy atom. The highest BCUT2D eigenvalue weighted by atomic mass is 16.2. The first-order valence-corrected chi connectivity index (χ1v) is 6.84. The number of carbonyl (C=O) groups is 1. The van der Waals surface area contributed by atoms with Crippen LogP contribution in [0.25, 0.3) is 0 Å². The minimum atomic E-state index is 0.105. The lowest BCUT2D eigenvalue weighted by Gasteiger charge is -2.21. The molecule has 1 aromatic rings. The van der Waals surface area contributed by atoms with Crippen LogP contribution in [-0.4, -0.2) is 28.9 Å². The minimum absolute atomic E-state index is 0.105. The van der Waals surface area contributed by atoms with E-state index < -0.39 is 0 Å². The van der Waals surface area contributed by atoms with Crippen molar-refractivity contribution >= 4 is 5.91 Å². The van der Waals surface area contributed by atoms with Crippen LogP contribution in [0, 0.1) is 0 Å². The van der Waals surface area contributed by atoms with Gasteiger partial charge in [-0.15, -0.1) is 0 Å². The van der Waals surface area contributed by atoms with E-state index in [1.54, 1.807) is 6.20 Å².